The molecule has 23 heavy (non-hydrogen) atoms. The maximum absolute atomic E-state index is 12.3. The smallest absolute Gasteiger partial charge is 0.182 e. The highest BCUT2D eigenvalue weighted by Crippen LogP contribution is 2.27. The van der Waals surface area contributed by atoms with Crippen LogP contribution < -0.4 is 4.74 Å². The number of allylic oxidation sites excluding steroid dienone is 1. The molecule has 0 spiro atoms. The Balaban J connectivity index is 1.83. The van der Waals surface area contributed by atoms with Gasteiger partial charge in [0, 0.05) is 11.1 Å². The van der Waals surface area contributed by atoms with E-state index in [4.69, 9.17) is 4.74 Å². The lowest BCUT2D eigenvalue weighted by Gasteiger charge is -2.02. The molecule has 0 fully saturated rings. The highest BCUT2D eigenvalue weighted by Gasteiger charge is 2.41. The van der Waals surface area contributed by atoms with Crippen molar-refractivity contribution in [3.05, 3.63) is 71.3 Å². The van der Waals surface area contributed by atoms with Gasteiger partial charge in [-0.3, -0.25) is 14.4 Å². The van der Waals surface area contributed by atoms with Gasteiger partial charge in [-0.15, -0.1) is 0 Å². The summed E-state index contributed by atoms with van der Waals surface area (Å²) in [7, 11) is 1.56. The summed E-state index contributed by atoms with van der Waals surface area (Å²) in [6.45, 7) is 0. The molecule has 0 saturated carbocycles. The molecule has 0 unspecified atom stereocenters. The van der Waals surface area contributed by atoms with Crippen molar-refractivity contribution in [1.82, 2.24) is 0 Å². The SMILES string of the molecule is COc1cccc(/C=C/C(=O)C2C(=O)c3ccccc3C2=O)c1. The average Bonchev–Trinajstić information content (AvgIpc) is 2.84. The number of carbonyl (C=O) groups excluding carboxylic acids is 3. The second kappa shape index (κ2) is 6.01. The van der Waals surface area contributed by atoms with Crippen molar-refractivity contribution in [2.24, 2.45) is 5.92 Å². The van der Waals surface area contributed by atoms with Gasteiger partial charge in [-0.05, 0) is 23.8 Å². The fourth-order valence-corrected chi connectivity index (χ4v) is 2.62. The first-order chi connectivity index (χ1) is 11.1. The van der Waals surface area contributed by atoms with Gasteiger partial charge in [0.2, 0.25) is 0 Å². The zero-order valence-corrected chi connectivity index (χ0v) is 12.5. The lowest BCUT2D eigenvalue weighted by molar-refractivity contribution is -0.115. The van der Waals surface area contributed by atoms with E-state index in [0.29, 0.717) is 16.9 Å². The number of hydrogen-bond acceptors (Lipinski definition) is 4. The molecule has 4 heteroatoms. The number of Topliss-reactive ketones (excluding diaryl/α,β-unsaturated/α-hetero) is 2. The number of ether oxygens (including phenoxy) is 1. The summed E-state index contributed by atoms with van der Waals surface area (Å²) < 4.78 is 5.11. The fourth-order valence-electron chi connectivity index (χ4n) is 2.62. The molecule has 0 N–H and O–H groups in total. The molecule has 0 bridgehead atoms. The molecule has 1 aliphatic rings. The molecule has 2 aromatic rings. The summed E-state index contributed by atoms with van der Waals surface area (Å²) in [4.78, 5) is 36.8. The standard InChI is InChI=1S/C19H14O4/c1-23-13-6-4-5-12(11-13)9-10-16(20)17-18(21)14-7-2-3-8-15(14)19(17)22/h2-11,17H,1H3/b10-9+. The van der Waals surface area contributed by atoms with Crippen molar-refractivity contribution in [3.8, 4) is 5.75 Å². The summed E-state index contributed by atoms with van der Waals surface area (Å²) in [6, 6.07) is 13.7. The van der Waals surface area contributed by atoms with Gasteiger partial charge >= 0.3 is 0 Å². The molecule has 0 amide bonds. The van der Waals surface area contributed by atoms with Gasteiger partial charge in [-0.2, -0.15) is 0 Å². The van der Waals surface area contributed by atoms with Crippen LogP contribution in [0.15, 0.2) is 54.6 Å². The van der Waals surface area contributed by atoms with Crippen LogP contribution in [-0.2, 0) is 4.79 Å². The van der Waals surface area contributed by atoms with Crippen molar-refractivity contribution >= 4 is 23.4 Å². The molecular formula is C19H14O4. The van der Waals surface area contributed by atoms with Crippen LogP contribution in [0, 0.1) is 5.92 Å². The third kappa shape index (κ3) is 2.71. The molecule has 3 rings (SSSR count). The number of hydrogen-bond donors (Lipinski definition) is 0. The molecule has 1 aliphatic carbocycles. The number of carbonyl (C=O) groups is 3. The Hall–Kier alpha value is -3.01. The van der Waals surface area contributed by atoms with Gasteiger partial charge in [0.25, 0.3) is 0 Å². The van der Waals surface area contributed by atoms with Crippen LogP contribution in [0.5, 0.6) is 5.75 Å². The number of fused-ring (bicyclic) bond motifs is 1. The minimum absolute atomic E-state index is 0.325. The summed E-state index contributed by atoms with van der Waals surface area (Å²) in [5, 5.41) is 0. The minimum atomic E-state index is -1.26. The van der Waals surface area contributed by atoms with Gasteiger partial charge in [0.05, 0.1) is 7.11 Å². The van der Waals surface area contributed by atoms with Gasteiger partial charge in [-0.1, -0.05) is 42.5 Å². The number of benzene rings is 2. The van der Waals surface area contributed by atoms with Crippen molar-refractivity contribution in [3.63, 3.8) is 0 Å². The topological polar surface area (TPSA) is 60.4 Å². The minimum Gasteiger partial charge on any atom is -0.497 e. The highest BCUT2D eigenvalue weighted by atomic mass is 16.5. The van der Waals surface area contributed by atoms with Gasteiger partial charge in [0.15, 0.2) is 17.3 Å². The largest absolute Gasteiger partial charge is 0.497 e. The Morgan fingerprint density at radius 1 is 1.00 bits per heavy atom. The average molecular weight is 306 g/mol. The van der Waals surface area contributed by atoms with Crippen LogP contribution in [0.25, 0.3) is 6.08 Å². The van der Waals surface area contributed by atoms with Crippen LogP contribution >= 0.6 is 0 Å². The molecular weight excluding hydrogens is 292 g/mol. The Morgan fingerprint density at radius 3 is 2.26 bits per heavy atom. The second-order valence-electron chi connectivity index (χ2n) is 5.22. The first kappa shape index (κ1) is 14.9. The van der Waals surface area contributed by atoms with E-state index in [1.165, 1.54) is 6.08 Å². The van der Waals surface area contributed by atoms with Gasteiger partial charge in [0.1, 0.15) is 11.7 Å². The van der Waals surface area contributed by atoms with E-state index in [9.17, 15) is 14.4 Å². The van der Waals surface area contributed by atoms with Crippen LogP contribution in [0.1, 0.15) is 26.3 Å². The Labute approximate surface area is 133 Å². The summed E-state index contributed by atoms with van der Waals surface area (Å²) in [6.07, 6.45) is 2.86. The van der Waals surface area contributed by atoms with Crippen LogP contribution in [0.4, 0.5) is 0 Å². The van der Waals surface area contributed by atoms with Crippen molar-refractivity contribution < 1.29 is 19.1 Å². The van der Waals surface area contributed by atoms with E-state index in [-0.39, 0.29) is 0 Å². The molecule has 0 heterocycles. The molecule has 2 aromatic carbocycles. The fraction of sp³-hybridized carbons (Fsp3) is 0.105. The third-order valence-corrected chi connectivity index (χ3v) is 3.80. The third-order valence-electron chi connectivity index (χ3n) is 3.80. The van der Waals surface area contributed by atoms with E-state index in [2.05, 4.69) is 0 Å². The summed E-state index contributed by atoms with van der Waals surface area (Å²) in [5.41, 5.74) is 1.41. The molecule has 114 valence electrons. The molecule has 4 nitrogen and oxygen atoms in total. The molecule has 0 aliphatic heterocycles. The summed E-state index contributed by atoms with van der Waals surface area (Å²) >= 11 is 0. The maximum atomic E-state index is 12.3. The number of methoxy groups -OCH3 is 1. The van der Waals surface area contributed by atoms with E-state index in [0.717, 1.165) is 5.56 Å². The van der Waals surface area contributed by atoms with Gasteiger partial charge < -0.3 is 4.74 Å². The predicted molar refractivity (Wildman–Crippen MR) is 85.6 cm³/mol. The monoisotopic (exact) mass is 306 g/mol. The lowest BCUT2D eigenvalue weighted by Crippen LogP contribution is -2.23. The van der Waals surface area contributed by atoms with Crippen molar-refractivity contribution in [1.29, 1.82) is 0 Å². The van der Waals surface area contributed by atoms with Gasteiger partial charge in [-0.25, -0.2) is 0 Å². The Morgan fingerprint density at radius 2 is 1.65 bits per heavy atom. The molecule has 0 saturated heterocycles. The van der Waals surface area contributed by atoms with E-state index in [1.54, 1.807) is 61.7 Å². The molecule has 0 radical (unpaired) electrons. The summed E-state index contributed by atoms with van der Waals surface area (Å²) in [5.74, 6) is -1.94. The maximum Gasteiger partial charge on any atom is 0.182 e. The van der Waals surface area contributed by atoms with E-state index >= 15 is 0 Å². The highest BCUT2D eigenvalue weighted by molar-refractivity contribution is 6.37. The zero-order valence-electron chi connectivity index (χ0n) is 12.5. The molecule has 0 atom stereocenters. The number of rotatable bonds is 4. The van der Waals surface area contributed by atoms with E-state index in [1.807, 2.05) is 0 Å². The normalized spacial score (nSPS) is 14.3. The van der Waals surface area contributed by atoms with Crippen LogP contribution in [0.3, 0.4) is 0 Å². The van der Waals surface area contributed by atoms with E-state index < -0.39 is 23.3 Å². The first-order valence-electron chi connectivity index (χ1n) is 7.15. The van der Waals surface area contributed by atoms with Crippen LogP contribution in [0.2, 0.25) is 0 Å². The quantitative estimate of drug-likeness (QED) is 0.643. The predicted octanol–water partition coefficient (Wildman–Crippen LogP) is 2.97. The van der Waals surface area contributed by atoms with Crippen molar-refractivity contribution in [2.75, 3.05) is 7.11 Å². The first-order valence-corrected chi connectivity index (χ1v) is 7.15. The second-order valence-corrected chi connectivity index (χ2v) is 5.22. The number of ketones is 3. The molecule has 0 aromatic heterocycles. The Kier molecular flexibility index (Phi) is 3.89. The van der Waals surface area contributed by atoms with Crippen LogP contribution in [-0.4, -0.2) is 24.5 Å². The lowest BCUT2D eigenvalue weighted by atomic mass is 9.97. The van der Waals surface area contributed by atoms with Crippen molar-refractivity contribution in [2.45, 2.75) is 0 Å². The Bertz CT molecular complexity index is 798. The zero-order chi connectivity index (χ0) is 16.4.